The van der Waals surface area contributed by atoms with Crippen molar-refractivity contribution in [2.75, 3.05) is 34.5 Å². The quantitative estimate of drug-likeness (QED) is 0.570. The van der Waals surface area contributed by atoms with Gasteiger partial charge in [0.05, 0.1) is 34.5 Å². The number of rotatable bonds is 6. The number of ether oxygens (including phenoxy) is 5. The molecule has 0 fully saturated rings. The molecule has 6 heteroatoms. The number of hydrogen-bond acceptors (Lipinski definition) is 6. The Morgan fingerprint density at radius 3 is 2.26 bits per heavy atom. The highest BCUT2D eigenvalue weighted by molar-refractivity contribution is 6.07. The van der Waals surface area contributed by atoms with Crippen LogP contribution in [0.25, 0.3) is 6.08 Å². The van der Waals surface area contributed by atoms with E-state index in [4.69, 9.17) is 23.7 Å². The second-order valence-corrected chi connectivity index (χ2v) is 5.86. The molecule has 2 aromatic carbocycles. The number of carbonyl (C=O) groups excluding carboxylic acids is 1. The standard InChI is InChI=1S/C21H22O6/c1-23-18-13-20(25-3)19(24-2)12-15(18)5-7-16(22)14-6-8-17-21(11-14)27-10-4-9-26-17/h5-8,11-13H,4,9-10H2,1-3H3/b7-5+. The molecule has 0 N–H and O–H groups in total. The second-order valence-electron chi connectivity index (χ2n) is 5.86. The molecule has 0 aliphatic carbocycles. The molecule has 0 radical (unpaired) electrons. The van der Waals surface area contributed by atoms with Gasteiger partial charge in [-0.3, -0.25) is 4.79 Å². The Balaban J connectivity index is 1.85. The molecule has 142 valence electrons. The van der Waals surface area contributed by atoms with Crippen molar-refractivity contribution < 1.29 is 28.5 Å². The molecule has 0 atom stereocenters. The van der Waals surface area contributed by atoms with E-state index in [0.29, 0.717) is 53.1 Å². The largest absolute Gasteiger partial charge is 0.496 e. The van der Waals surface area contributed by atoms with Crippen LogP contribution in [0.4, 0.5) is 0 Å². The van der Waals surface area contributed by atoms with Crippen LogP contribution >= 0.6 is 0 Å². The number of ketones is 1. The molecular weight excluding hydrogens is 348 g/mol. The van der Waals surface area contributed by atoms with Gasteiger partial charge in [0.2, 0.25) is 0 Å². The number of allylic oxidation sites excluding steroid dienone is 1. The number of hydrogen-bond donors (Lipinski definition) is 0. The molecule has 2 aromatic rings. The van der Waals surface area contributed by atoms with Crippen molar-refractivity contribution in [2.24, 2.45) is 0 Å². The molecule has 0 saturated carbocycles. The molecule has 0 aromatic heterocycles. The highest BCUT2D eigenvalue weighted by Gasteiger charge is 2.14. The average molecular weight is 370 g/mol. The fraction of sp³-hybridized carbons (Fsp3) is 0.286. The molecular formula is C21H22O6. The van der Waals surface area contributed by atoms with Crippen LogP contribution in [0.2, 0.25) is 0 Å². The average Bonchev–Trinajstić information content (AvgIpc) is 2.95. The van der Waals surface area contributed by atoms with Crippen LogP contribution in [-0.4, -0.2) is 40.3 Å². The Morgan fingerprint density at radius 1 is 0.889 bits per heavy atom. The van der Waals surface area contributed by atoms with E-state index in [2.05, 4.69) is 0 Å². The third kappa shape index (κ3) is 4.16. The van der Waals surface area contributed by atoms with Crippen molar-refractivity contribution >= 4 is 11.9 Å². The molecule has 6 nitrogen and oxygen atoms in total. The maximum absolute atomic E-state index is 12.6. The third-order valence-corrected chi connectivity index (χ3v) is 4.18. The Hall–Kier alpha value is -3.15. The van der Waals surface area contributed by atoms with Crippen LogP contribution in [0.1, 0.15) is 22.3 Å². The van der Waals surface area contributed by atoms with Gasteiger partial charge in [-0.05, 0) is 36.4 Å². The van der Waals surface area contributed by atoms with Gasteiger partial charge < -0.3 is 23.7 Å². The minimum absolute atomic E-state index is 0.150. The predicted molar refractivity (Wildman–Crippen MR) is 102 cm³/mol. The van der Waals surface area contributed by atoms with Crippen LogP contribution in [0.3, 0.4) is 0 Å². The van der Waals surface area contributed by atoms with Crippen LogP contribution in [-0.2, 0) is 0 Å². The summed E-state index contributed by atoms with van der Waals surface area (Å²) in [4.78, 5) is 12.6. The number of fused-ring (bicyclic) bond motifs is 1. The maximum atomic E-state index is 12.6. The third-order valence-electron chi connectivity index (χ3n) is 4.18. The van der Waals surface area contributed by atoms with E-state index in [1.165, 1.54) is 6.08 Å². The summed E-state index contributed by atoms with van der Waals surface area (Å²) >= 11 is 0. The van der Waals surface area contributed by atoms with Gasteiger partial charge in [0.15, 0.2) is 28.8 Å². The molecule has 0 spiro atoms. The Bertz CT molecular complexity index is 856. The first-order chi connectivity index (χ1) is 13.2. The lowest BCUT2D eigenvalue weighted by molar-refractivity contribution is 0.104. The van der Waals surface area contributed by atoms with Gasteiger partial charge in [-0.2, -0.15) is 0 Å². The van der Waals surface area contributed by atoms with Gasteiger partial charge in [0, 0.05) is 23.6 Å². The second kappa shape index (κ2) is 8.49. The summed E-state index contributed by atoms with van der Waals surface area (Å²) in [5.41, 5.74) is 1.23. The van der Waals surface area contributed by atoms with Gasteiger partial charge in [-0.1, -0.05) is 0 Å². The summed E-state index contributed by atoms with van der Waals surface area (Å²) in [6, 6.07) is 8.68. The monoisotopic (exact) mass is 370 g/mol. The number of benzene rings is 2. The highest BCUT2D eigenvalue weighted by atomic mass is 16.5. The van der Waals surface area contributed by atoms with E-state index in [-0.39, 0.29) is 5.78 Å². The topological polar surface area (TPSA) is 63.2 Å². The summed E-state index contributed by atoms with van der Waals surface area (Å²) in [6.45, 7) is 1.18. The Kier molecular flexibility index (Phi) is 5.86. The molecule has 0 bridgehead atoms. The van der Waals surface area contributed by atoms with E-state index >= 15 is 0 Å². The minimum Gasteiger partial charge on any atom is -0.496 e. The molecule has 27 heavy (non-hydrogen) atoms. The zero-order valence-corrected chi connectivity index (χ0v) is 15.6. The van der Waals surface area contributed by atoms with E-state index in [1.54, 1.807) is 57.7 Å². The first kappa shape index (κ1) is 18.6. The van der Waals surface area contributed by atoms with Crippen molar-refractivity contribution in [1.29, 1.82) is 0 Å². The molecule has 1 aliphatic heterocycles. The van der Waals surface area contributed by atoms with Crippen molar-refractivity contribution in [3.8, 4) is 28.7 Å². The van der Waals surface area contributed by atoms with Crippen LogP contribution in [0.5, 0.6) is 28.7 Å². The summed E-state index contributed by atoms with van der Waals surface area (Å²) in [7, 11) is 4.67. The zero-order chi connectivity index (χ0) is 19.2. The Morgan fingerprint density at radius 2 is 1.56 bits per heavy atom. The normalized spacial score (nSPS) is 13.1. The van der Waals surface area contributed by atoms with Gasteiger partial charge in [0.1, 0.15) is 5.75 Å². The van der Waals surface area contributed by atoms with Gasteiger partial charge in [0.25, 0.3) is 0 Å². The first-order valence-electron chi connectivity index (χ1n) is 8.58. The van der Waals surface area contributed by atoms with Crippen LogP contribution in [0, 0.1) is 0 Å². The van der Waals surface area contributed by atoms with Gasteiger partial charge >= 0.3 is 0 Å². The predicted octanol–water partition coefficient (Wildman–Crippen LogP) is 3.77. The van der Waals surface area contributed by atoms with E-state index < -0.39 is 0 Å². The lowest BCUT2D eigenvalue weighted by Crippen LogP contribution is -1.98. The van der Waals surface area contributed by atoms with Crippen molar-refractivity contribution in [3.05, 3.63) is 47.5 Å². The van der Waals surface area contributed by atoms with Crippen molar-refractivity contribution in [2.45, 2.75) is 6.42 Å². The van der Waals surface area contributed by atoms with Gasteiger partial charge in [-0.15, -0.1) is 0 Å². The maximum Gasteiger partial charge on any atom is 0.185 e. The molecule has 0 amide bonds. The molecule has 0 saturated heterocycles. The van der Waals surface area contributed by atoms with Crippen molar-refractivity contribution in [3.63, 3.8) is 0 Å². The first-order valence-corrected chi connectivity index (χ1v) is 8.58. The number of carbonyl (C=O) groups is 1. The Labute approximate surface area is 158 Å². The van der Waals surface area contributed by atoms with Crippen LogP contribution in [0.15, 0.2) is 36.4 Å². The van der Waals surface area contributed by atoms with E-state index in [1.807, 2.05) is 0 Å². The van der Waals surface area contributed by atoms with Crippen molar-refractivity contribution in [1.82, 2.24) is 0 Å². The van der Waals surface area contributed by atoms with Gasteiger partial charge in [-0.25, -0.2) is 0 Å². The summed E-state index contributed by atoms with van der Waals surface area (Å²) < 4.78 is 27.2. The fourth-order valence-electron chi connectivity index (χ4n) is 2.76. The lowest BCUT2D eigenvalue weighted by Gasteiger charge is -2.12. The van der Waals surface area contributed by atoms with E-state index in [9.17, 15) is 4.79 Å². The van der Waals surface area contributed by atoms with E-state index in [0.717, 1.165) is 6.42 Å². The minimum atomic E-state index is -0.150. The summed E-state index contributed by atoms with van der Waals surface area (Å²) in [6.07, 6.45) is 3.99. The fourth-order valence-corrected chi connectivity index (χ4v) is 2.76. The smallest absolute Gasteiger partial charge is 0.185 e. The molecule has 1 aliphatic rings. The molecule has 1 heterocycles. The number of methoxy groups -OCH3 is 3. The summed E-state index contributed by atoms with van der Waals surface area (Å²) in [5.74, 6) is 2.80. The lowest BCUT2D eigenvalue weighted by atomic mass is 10.1. The highest BCUT2D eigenvalue weighted by Crippen LogP contribution is 2.35. The SMILES string of the molecule is COc1cc(OC)c(OC)cc1/C=C/C(=O)c1ccc2c(c1)OCCCO2. The zero-order valence-electron chi connectivity index (χ0n) is 15.6. The van der Waals surface area contributed by atoms with Crippen LogP contribution < -0.4 is 23.7 Å². The summed E-state index contributed by atoms with van der Waals surface area (Å²) in [5, 5.41) is 0. The molecule has 3 rings (SSSR count). The molecule has 0 unspecified atom stereocenters.